The first-order chi connectivity index (χ1) is 19.6. The van der Waals surface area contributed by atoms with E-state index in [2.05, 4.69) is 5.32 Å². The molecule has 0 radical (unpaired) electrons. The first-order valence-corrected chi connectivity index (χ1v) is 15.2. The molecule has 1 aliphatic rings. The number of nitrogens with one attached hydrogen (secondary N) is 1. The standard InChI is InChI=1S/C30H33ClFN3O5S/c1-21(30(37)33-24-8-4-5-9-24)34(19-22-7-3-6-10-28(22)32)29(36)20-35(25-13-11-23(31)12-14-25)41(38,39)27-17-15-26(40-2)16-18-27/h3,6-7,10-18,21,24H,4-5,8-9,19-20H2,1-2H3,(H,33,37)/t21-/m0/s1. The number of nitrogens with zero attached hydrogens (tertiary/aromatic N) is 2. The zero-order valence-corrected chi connectivity index (χ0v) is 24.5. The number of anilines is 1. The van der Waals surface area contributed by atoms with E-state index in [1.165, 1.54) is 78.7 Å². The molecule has 11 heteroatoms. The summed E-state index contributed by atoms with van der Waals surface area (Å²) in [6, 6.07) is 16.8. The van der Waals surface area contributed by atoms with Crippen LogP contribution in [-0.2, 0) is 26.2 Å². The summed E-state index contributed by atoms with van der Waals surface area (Å²) >= 11 is 6.05. The molecular weight excluding hydrogens is 569 g/mol. The van der Waals surface area contributed by atoms with E-state index in [4.69, 9.17) is 16.3 Å². The van der Waals surface area contributed by atoms with Gasteiger partial charge in [0.1, 0.15) is 24.2 Å². The Kier molecular flexibility index (Phi) is 9.88. The van der Waals surface area contributed by atoms with Crippen molar-refractivity contribution in [2.24, 2.45) is 0 Å². The van der Waals surface area contributed by atoms with Crippen molar-refractivity contribution in [1.82, 2.24) is 10.2 Å². The minimum absolute atomic E-state index is 0.0105. The van der Waals surface area contributed by atoms with Gasteiger partial charge < -0.3 is 15.0 Å². The van der Waals surface area contributed by atoms with Gasteiger partial charge in [-0.2, -0.15) is 0 Å². The smallest absolute Gasteiger partial charge is 0.264 e. The summed E-state index contributed by atoms with van der Waals surface area (Å²) in [4.78, 5) is 28.3. The molecule has 3 aromatic carbocycles. The SMILES string of the molecule is COc1ccc(S(=O)(=O)N(CC(=O)N(Cc2ccccc2F)[C@@H](C)C(=O)NC2CCCC2)c2ccc(Cl)cc2)cc1. The second-order valence-electron chi connectivity index (χ2n) is 9.94. The molecule has 1 aliphatic carbocycles. The second-order valence-corrected chi connectivity index (χ2v) is 12.2. The van der Waals surface area contributed by atoms with Gasteiger partial charge in [0.05, 0.1) is 17.7 Å². The highest BCUT2D eigenvalue weighted by atomic mass is 35.5. The van der Waals surface area contributed by atoms with Crippen LogP contribution in [0, 0.1) is 5.82 Å². The maximum absolute atomic E-state index is 14.7. The first-order valence-electron chi connectivity index (χ1n) is 13.4. The summed E-state index contributed by atoms with van der Waals surface area (Å²) in [7, 11) is -2.78. The number of hydrogen-bond donors (Lipinski definition) is 1. The number of carbonyl (C=O) groups is 2. The van der Waals surface area contributed by atoms with Crippen molar-refractivity contribution in [1.29, 1.82) is 0 Å². The Hall–Kier alpha value is -3.63. The molecule has 2 amide bonds. The van der Waals surface area contributed by atoms with Gasteiger partial charge in [-0.05, 0) is 74.4 Å². The molecule has 0 saturated heterocycles. The molecule has 0 bridgehead atoms. The van der Waals surface area contributed by atoms with Crippen LogP contribution in [0.5, 0.6) is 5.75 Å². The van der Waals surface area contributed by atoms with E-state index >= 15 is 0 Å². The Morgan fingerprint density at radius 1 is 1.02 bits per heavy atom. The van der Waals surface area contributed by atoms with Crippen LogP contribution in [0.15, 0.2) is 77.7 Å². The van der Waals surface area contributed by atoms with E-state index in [0.29, 0.717) is 10.8 Å². The number of rotatable bonds is 11. The topological polar surface area (TPSA) is 96.0 Å². The van der Waals surface area contributed by atoms with Gasteiger partial charge in [-0.15, -0.1) is 0 Å². The average molecular weight is 602 g/mol. The summed E-state index contributed by atoms with van der Waals surface area (Å²) in [6.45, 7) is 0.709. The normalized spacial score (nSPS) is 14.3. The van der Waals surface area contributed by atoms with Gasteiger partial charge >= 0.3 is 0 Å². The minimum atomic E-state index is -4.25. The molecule has 1 atom stereocenters. The van der Waals surface area contributed by atoms with Gasteiger partial charge in [0.25, 0.3) is 10.0 Å². The van der Waals surface area contributed by atoms with Crippen molar-refractivity contribution in [3.8, 4) is 5.75 Å². The number of sulfonamides is 1. The molecular formula is C30H33ClFN3O5S. The zero-order chi connectivity index (χ0) is 29.6. The van der Waals surface area contributed by atoms with Crippen LogP contribution < -0.4 is 14.4 Å². The molecule has 8 nitrogen and oxygen atoms in total. The number of carbonyl (C=O) groups excluding carboxylic acids is 2. The van der Waals surface area contributed by atoms with E-state index in [9.17, 15) is 22.4 Å². The quantitative estimate of drug-likeness (QED) is 0.328. The molecule has 0 aliphatic heterocycles. The third kappa shape index (κ3) is 7.37. The Morgan fingerprint density at radius 2 is 1.66 bits per heavy atom. The molecule has 0 unspecified atom stereocenters. The van der Waals surface area contributed by atoms with Gasteiger partial charge in [-0.25, -0.2) is 12.8 Å². The Balaban J connectivity index is 1.69. The fraction of sp³-hybridized carbons (Fsp3) is 0.333. The fourth-order valence-corrected chi connectivity index (χ4v) is 6.34. The lowest BCUT2D eigenvalue weighted by molar-refractivity contribution is -0.139. The molecule has 3 aromatic rings. The highest BCUT2D eigenvalue weighted by Gasteiger charge is 2.33. The first kappa shape index (κ1) is 30.3. The average Bonchev–Trinajstić information content (AvgIpc) is 3.48. The minimum Gasteiger partial charge on any atom is -0.497 e. The summed E-state index contributed by atoms with van der Waals surface area (Å²) in [5.74, 6) is -1.11. The largest absolute Gasteiger partial charge is 0.497 e. The lowest BCUT2D eigenvalue weighted by atomic mass is 10.1. The van der Waals surface area contributed by atoms with Crippen molar-refractivity contribution < 1.29 is 27.1 Å². The van der Waals surface area contributed by atoms with Crippen molar-refractivity contribution in [3.63, 3.8) is 0 Å². The highest BCUT2D eigenvalue weighted by Crippen LogP contribution is 2.27. The van der Waals surface area contributed by atoms with E-state index in [1.807, 2.05) is 0 Å². The Morgan fingerprint density at radius 3 is 2.27 bits per heavy atom. The van der Waals surface area contributed by atoms with Crippen LogP contribution in [0.3, 0.4) is 0 Å². The van der Waals surface area contributed by atoms with Crippen molar-refractivity contribution >= 4 is 39.1 Å². The predicted octanol–water partition coefficient (Wildman–Crippen LogP) is 5.16. The van der Waals surface area contributed by atoms with E-state index in [0.717, 1.165) is 30.0 Å². The second kappa shape index (κ2) is 13.4. The van der Waals surface area contributed by atoms with Crippen LogP contribution in [0.2, 0.25) is 5.02 Å². The van der Waals surface area contributed by atoms with E-state index in [-0.39, 0.29) is 34.6 Å². The van der Waals surface area contributed by atoms with Gasteiger partial charge in [0.15, 0.2) is 0 Å². The highest BCUT2D eigenvalue weighted by molar-refractivity contribution is 7.92. The van der Waals surface area contributed by atoms with E-state index < -0.39 is 34.3 Å². The monoisotopic (exact) mass is 601 g/mol. The Labute approximate surface area is 245 Å². The summed E-state index contributed by atoms with van der Waals surface area (Å²) < 4.78 is 48.5. The van der Waals surface area contributed by atoms with Crippen molar-refractivity contribution in [3.05, 3.63) is 89.2 Å². The molecule has 0 aromatic heterocycles. The Bertz CT molecular complexity index is 1460. The maximum atomic E-state index is 14.7. The molecule has 4 rings (SSSR count). The summed E-state index contributed by atoms with van der Waals surface area (Å²) in [5, 5.41) is 3.38. The molecule has 1 fully saturated rings. The maximum Gasteiger partial charge on any atom is 0.264 e. The van der Waals surface area contributed by atoms with E-state index in [1.54, 1.807) is 13.0 Å². The third-order valence-corrected chi connectivity index (χ3v) is 9.25. The van der Waals surface area contributed by atoms with Crippen LogP contribution in [-0.4, -0.2) is 50.9 Å². The molecule has 0 spiro atoms. The van der Waals surface area contributed by atoms with Crippen LogP contribution in [0.4, 0.5) is 10.1 Å². The van der Waals surface area contributed by atoms with Crippen LogP contribution in [0.1, 0.15) is 38.2 Å². The molecule has 0 heterocycles. The summed E-state index contributed by atoms with van der Waals surface area (Å²) in [5.41, 5.74) is 0.407. The zero-order valence-electron chi connectivity index (χ0n) is 22.9. The number of halogens is 2. The number of ether oxygens (including phenoxy) is 1. The van der Waals surface area contributed by atoms with Crippen molar-refractivity contribution in [2.45, 2.75) is 56.1 Å². The van der Waals surface area contributed by atoms with Crippen LogP contribution in [0.25, 0.3) is 0 Å². The lowest BCUT2D eigenvalue weighted by Gasteiger charge is -2.32. The van der Waals surface area contributed by atoms with Gasteiger partial charge in [-0.3, -0.25) is 13.9 Å². The summed E-state index contributed by atoms with van der Waals surface area (Å²) in [6.07, 6.45) is 3.72. The lowest BCUT2D eigenvalue weighted by Crippen LogP contribution is -2.52. The molecule has 218 valence electrons. The number of benzene rings is 3. The molecule has 1 N–H and O–H groups in total. The number of methoxy groups -OCH3 is 1. The third-order valence-electron chi connectivity index (χ3n) is 7.21. The van der Waals surface area contributed by atoms with Gasteiger partial charge in [0.2, 0.25) is 11.8 Å². The molecule has 41 heavy (non-hydrogen) atoms. The molecule has 1 saturated carbocycles. The van der Waals surface area contributed by atoms with Crippen LogP contribution >= 0.6 is 11.6 Å². The number of amides is 2. The fourth-order valence-electron chi connectivity index (χ4n) is 4.80. The van der Waals surface area contributed by atoms with Gasteiger partial charge in [0, 0.05) is 23.2 Å². The van der Waals surface area contributed by atoms with Crippen molar-refractivity contribution in [2.75, 3.05) is 18.0 Å². The van der Waals surface area contributed by atoms with Gasteiger partial charge in [-0.1, -0.05) is 42.6 Å². The number of hydrogen-bond acceptors (Lipinski definition) is 5. The predicted molar refractivity (Wildman–Crippen MR) is 156 cm³/mol.